The van der Waals surface area contributed by atoms with Gasteiger partial charge >= 0.3 is 0 Å². The molecule has 0 unspecified atom stereocenters. The molecule has 0 radical (unpaired) electrons. The zero-order valence-corrected chi connectivity index (χ0v) is 11.0. The third-order valence-electron chi connectivity index (χ3n) is 3.18. The average Bonchev–Trinajstić information content (AvgIpc) is 2.81. The van der Waals surface area contributed by atoms with Gasteiger partial charge < -0.3 is 10.5 Å². The quantitative estimate of drug-likeness (QED) is 0.911. The molecule has 1 fully saturated rings. The molecule has 0 amide bonds. The van der Waals surface area contributed by atoms with Gasteiger partial charge in [0.15, 0.2) is 0 Å². The molecule has 3 rings (SSSR count). The molecule has 2 aromatic rings. The summed E-state index contributed by atoms with van der Waals surface area (Å²) in [6.45, 7) is 4.14. The fourth-order valence-electron chi connectivity index (χ4n) is 2.25. The highest BCUT2D eigenvalue weighted by Crippen LogP contribution is 2.23. The monoisotopic (exact) mass is 263 g/mol. The van der Waals surface area contributed by atoms with Crippen LogP contribution in [0.5, 0.6) is 0 Å². The lowest BCUT2D eigenvalue weighted by molar-refractivity contribution is -0.0260. The predicted molar refractivity (Wildman–Crippen MR) is 73.7 cm³/mol. The summed E-state index contributed by atoms with van der Waals surface area (Å²) in [5.74, 6) is 0. The van der Waals surface area contributed by atoms with Gasteiger partial charge in [-0.2, -0.15) is 0 Å². The van der Waals surface area contributed by atoms with Gasteiger partial charge in [0.25, 0.3) is 0 Å². The zero-order valence-electron chi connectivity index (χ0n) is 10.2. The van der Waals surface area contributed by atoms with E-state index >= 15 is 0 Å². The molecule has 1 saturated heterocycles. The van der Waals surface area contributed by atoms with Crippen molar-refractivity contribution >= 4 is 21.6 Å². The summed E-state index contributed by atoms with van der Waals surface area (Å²) in [6.07, 6.45) is 0.174. The molecule has 4 nitrogen and oxygen atoms in total. The first kappa shape index (κ1) is 12.0. The maximum Gasteiger partial charge on any atom is 0.108 e. The molecule has 0 aliphatic carbocycles. The Balaban J connectivity index is 1.71. The number of morpholine rings is 1. The highest BCUT2D eigenvalue weighted by atomic mass is 32.1. The van der Waals surface area contributed by atoms with Gasteiger partial charge in [-0.15, -0.1) is 11.3 Å². The first-order valence-electron chi connectivity index (χ1n) is 6.23. The van der Waals surface area contributed by atoms with Crippen LogP contribution in [0.4, 0.5) is 0 Å². The van der Waals surface area contributed by atoms with Crippen molar-refractivity contribution < 1.29 is 4.74 Å². The Morgan fingerprint density at radius 2 is 2.33 bits per heavy atom. The molecule has 1 aliphatic heterocycles. The van der Waals surface area contributed by atoms with Gasteiger partial charge in [-0.25, -0.2) is 4.98 Å². The maximum absolute atomic E-state index is 5.66. The van der Waals surface area contributed by atoms with Crippen molar-refractivity contribution in [1.29, 1.82) is 0 Å². The van der Waals surface area contributed by atoms with Crippen LogP contribution < -0.4 is 5.73 Å². The number of hydrogen-bond acceptors (Lipinski definition) is 5. The minimum absolute atomic E-state index is 0.174. The molecule has 2 heterocycles. The topological polar surface area (TPSA) is 51.4 Å². The van der Waals surface area contributed by atoms with E-state index in [4.69, 9.17) is 10.5 Å². The molecule has 0 saturated carbocycles. The van der Waals surface area contributed by atoms with E-state index in [9.17, 15) is 0 Å². The standard InChI is InChI=1S/C13H17N3OS/c14-7-10-8-16(5-6-17-10)9-13-15-11-3-1-2-4-12(11)18-13/h1-4,10H,5-9,14H2/t10-/m1/s1. The van der Waals surface area contributed by atoms with Crippen molar-refractivity contribution in [1.82, 2.24) is 9.88 Å². The van der Waals surface area contributed by atoms with E-state index < -0.39 is 0 Å². The van der Waals surface area contributed by atoms with E-state index in [-0.39, 0.29) is 6.10 Å². The Hall–Kier alpha value is -1.01. The number of ether oxygens (including phenoxy) is 1. The first-order chi connectivity index (χ1) is 8.85. The van der Waals surface area contributed by atoms with Crippen molar-refractivity contribution in [3.63, 3.8) is 0 Å². The van der Waals surface area contributed by atoms with E-state index in [1.54, 1.807) is 11.3 Å². The van der Waals surface area contributed by atoms with E-state index in [0.717, 1.165) is 31.8 Å². The second-order valence-corrected chi connectivity index (χ2v) is 5.65. The molecular formula is C13H17N3OS. The average molecular weight is 263 g/mol. The van der Waals surface area contributed by atoms with Crippen molar-refractivity contribution in [2.24, 2.45) is 5.73 Å². The number of thiazole rings is 1. The van der Waals surface area contributed by atoms with Crippen LogP contribution in [0.2, 0.25) is 0 Å². The Kier molecular flexibility index (Phi) is 3.56. The Morgan fingerprint density at radius 1 is 1.44 bits per heavy atom. The third-order valence-corrected chi connectivity index (χ3v) is 4.20. The number of fused-ring (bicyclic) bond motifs is 1. The summed E-state index contributed by atoms with van der Waals surface area (Å²) in [4.78, 5) is 7.04. The molecule has 1 aromatic heterocycles. The molecular weight excluding hydrogens is 246 g/mol. The van der Waals surface area contributed by atoms with E-state index in [1.165, 1.54) is 9.71 Å². The second-order valence-electron chi connectivity index (χ2n) is 4.54. The van der Waals surface area contributed by atoms with Gasteiger partial charge in [0.2, 0.25) is 0 Å². The van der Waals surface area contributed by atoms with Crippen molar-refractivity contribution in [2.45, 2.75) is 12.6 Å². The summed E-state index contributed by atoms with van der Waals surface area (Å²) in [6, 6.07) is 8.28. The molecule has 0 spiro atoms. The van der Waals surface area contributed by atoms with Gasteiger partial charge in [0, 0.05) is 19.6 Å². The SMILES string of the molecule is NC[C@@H]1CN(Cc2nc3ccccc3s2)CCO1. The lowest BCUT2D eigenvalue weighted by atomic mass is 10.3. The predicted octanol–water partition coefficient (Wildman–Crippen LogP) is 1.46. The van der Waals surface area contributed by atoms with Crippen molar-refractivity contribution in [3.8, 4) is 0 Å². The number of nitrogens with zero attached hydrogens (tertiary/aromatic N) is 2. The lowest BCUT2D eigenvalue weighted by Crippen LogP contribution is -2.45. The van der Waals surface area contributed by atoms with Crippen LogP contribution in [0.15, 0.2) is 24.3 Å². The van der Waals surface area contributed by atoms with Gasteiger partial charge in [-0.1, -0.05) is 12.1 Å². The van der Waals surface area contributed by atoms with E-state index in [0.29, 0.717) is 6.54 Å². The van der Waals surface area contributed by atoms with Crippen molar-refractivity contribution in [3.05, 3.63) is 29.3 Å². The minimum atomic E-state index is 0.174. The van der Waals surface area contributed by atoms with Crippen LogP contribution in [-0.4, -0.2) is 42.2 Å². The van der Waals surface area contributed by atoms with E-state index in [1.807, 2.05) is 6.07 Å². The van der Waals surface area contributed by atoms with Crippen LogP contribution in [0, 0.1) is 0 Å². The maximum atomic E-state index is 5.66. The summed E-state index contributed by atoms with van der Waals surface area (Å²) in [5, 5.41) is 1.17. The molecule has 18 heavy (non-hydrogen) atoms. The molecule has 96 valence electrons. The van der Waals surface area contributed by atoms with Crippen LogP contribution in [-0.2, 0) is 11.3 Å². The molecule has 1 aromatic carbocycles. The number of aromatic nitrogens is 1. The molecule has 5 heteroatoms. The van der Waals surface area contributed by atoms with Gasteiger partial charge in [0.1, 0.15) is 5.01 Å². The largest absolute Gasteiger partial charge is 0.374 e. The van der Waals surface area contributed by atoms with Crippen LogP contribution in [0.1, 0.15) is 5.01 Å². The van der Waals surface area contributed by atoms with Gasteiger partial charge in [0.05, 0.1) is 29.5 Å². The normalized spacial score (nSPS) is 21.5. The summed E-state index contributed by atoms with van der Waals surface area (Å²) < 4.78 is 6.83. The van der Waals surface area contributed by atoms with E-state index in [2.05, 4.69) is 28.1 Å². The van der Waals surface area contributed by atoms with Gasteiger partial charge in [-0.05, 0) is 12.1 Å². The highest BCUT2D eigenvalue weighted by Gasteiger charge is 2.20. The minimum Gasteiger partial charge on any atom is -0.374 e. The number of benzene rings is 1. The first-order valence-corrected chi connectivity index (χ1v) is 7.05. The zero-order chi connectivity index (χ0) is 12.4. The Morgan fingerprint density at radius 3 is 3.17 bits per heavy atom. The fraction of sp³-hybridized carbons (Fsp3) is 0.462. The highest BCUT2D eigenvalue weighted by molar-refractivity contribution is 7.18. The van der Waals surface area contributed by atoms with Crippen LogP contribution >= 0.6 is 11.3 Å². The molecule has 0 bridgehead atoms. The lowest BCUT2D eigenvalue weighted by Gasteiger charge is -2.31. The van der Waals surface area contributed by atoms with Crippen LogP contribution in [0.25, 0.3) is 10.2 Å². The summed E-state index contributed by atoms with van der Waals surface area (Å²) in [5.41, 5.74) is 6.75. The number of nitrogens with two attached hydrogens (primary N) is 1. The number of hydrogen-bond donors (Lipinski definition) is 1. The second kappa shape index (κ2) is 5.32. The third kappa shape index (κ3) is 2.54. The summed E-state index contributed by atoms with van der Waals surface area (Å²) in [7, 11) is 0. The van der Waals surface area contributed by atoms with Crippen LogP contribution in [0.3, 0.4) is 0 Å². The number of para-hydroxylation sites is 1. The smallest absolute Gasteiger partial charge is 0.108 e. The molecule has 1 atom stereocenters. The Labute approximate surface area is 110 Å². The summed E-state index contributed by atoms with van der Waals surface area (Å²) >= 11 is 1.77. The molecule has 2 N–H and O–H groups in total. The fourth-order valence-corrected chi connectivity index (χ4v) is 3.26. The molecule has 1 aliphatic rings. The number of rotatable bonds is 3. The van der Waals surface area contributed by atoms with Crippen molar-refractivity contribution in [2.75, 3.05) is 26.2 Å². The van der Waals surface area contributed by atoms with Gasteiger partial charge in [-0.3, -0.25) is 4.90 Å². The Bertz CT molecular complexity index is 495.